The number of esters is 2. The molecule has 0 aromatic heterocycles. The van der Waals surface area contributed by atoms with Gasteiger partial charge in [-0.3, -0.25) is 9.36 Å². The minimum absolute atomic E-state index is 0.242. The lowest BCUT2D eigenvalue weighted by atomic mass is 10.1. The molecular weight excluding hydrogens is 347 g/mol. The lowest BCUT2D eigenvalue weighted by Crippen LogP contribution is -2.08. The Labute approximate surface area is 149 Å². The summed E-state index contributed by atoms with van der Waals surface area (Å²) >= 11 is 0. The molecule has 0 atom stereocenters. The Morgan fingerprint density at radius 3 is 1.84 bits per heavy atom. The molecule has 0 bridgehead atoms. The quantitative estimate of drug-likeness (QED) is 0.195. The molecule has 0 aliphatic carbocycles. The maximum atomic E-state index is 11.2. The maximum Gasteiger partial charge on any atom is 0.330 e. The summed E-state index contributed by atoms with van der Waals surface area (Å²) in [5, 5.41) is 0. The van der Waals surface area contributed by atoms with Crippen molar-refractivity contribution in [3.8, 4) is 0 Å². The first-order valence-corrected chi connectivity index (χ1v) is 10.6. The van der Waals surface area contributed by atoms with Crippen molar-refractivity contribution >= 4 is 19.5 Å². The molecular formula is C17H31O7P. The standard InChI is InChI=1S/C17H31O7P/c1-2-11-16(18)23-13-9-7-5-3-4-6-8-10-14-24-17(19)12-15-25(20,21)22/h2,11H,3-10,12-15H2,1H3,(H2,20,21,22). The van der Waals surface area contributed by atoms with Crippen LogP contribution in [0.1, 0.15) is 64.7 Å². The monoisotopic (exact) mass is 378 g/mol. The topological polar surface area (TPSA) is 110 Å². The van der Waals surface area contributed by atoms with E-state index in [1.807, 2.05) is 0 Å². The van der Waals surface area contributed by atoms with Crippen LogP contribution in [0, 0.1) is 0 Å². The van der Waals surface area contributed by atoms with Crippen molar-refractivity contribution in [2.45, 2.75) is 64.7 Å². The number of hydrogen-bond acceptors (Lipinski definition) is 5. The van der Waals surface area contributed by atoms with Crippen LogP contribution in [0.15, 0.2) is 12.2 Å². The zero-order valence-electron chi connectivity index (χ0n) is 15.0. The zero-order valence-corrected chi connectivity index (χ0v) is 15.9. The first kappa shape index (κ1) is 23.8. The predicted molar refractivity (Wildman–Crippen MR) is 95.2 cm³/mol. The summed E-state index contributed by atoms with van der Waals surface area (Å²) in [6, 6.07) is 0. The van der Waals surface area contributed by atoms with Crippen LogP contribution in [0.25, 0.3) is 0 Å². The van der Waals surface area contributed by atoms with Gasteiger partial charge in [-0.05, 0) is 19.8 Å². The van der Waals surface area contributed by atoms with Crippen LogP contribution >= 0.6 is 7.60 Å². The summed E-state index contributed by atoms with van der Waals surface area (Å²) < 4.78 is 20.5. The van der Waals surface area contributed by atoms with Gasteiger partial charge in [-0.25, -0.2) is 4.79 Å². The molecule has 0 saturated carbocycles. The highest BCUT2D eigenvalue weighted by molar-refractivity contribution is 7.51. The van der Waals surface area contributed by atoms with E-state index in [4.69, 9.17) is 19.3 Å². The molecule has 0 aliphatic heterocycles. The molecule has 7 nitrogen and oxygen atoms in total. The Kier molecular flexibility index (Phi) is 14.4. The van der Waals surface area contributed by atoms with Crippen LogP contribution in [-0.2, 0) is 23.6 Å². The van der Waals surface area contributed by atoms with E-state index < -0.39 is 19.7 Å². The van der Waals surface area contributed by atoms with Crippen LogP contribution in [0.3, 0.4) is 0 Å². The lowest BCUT2D eigenvalue weighted by Gasteiger charge is -2.06. The summed E-state index contributed by atoms with van der Waals surface area (Å²) in [5.74, 6) is -0.844. The third kappa shape index (κ3) is 19.0. The van der Waals surface area contributed by atoms with Gasteiger partial charge in [0.1, 0.15) is 0 Å². The Hall–Kier alpha value is -1.17. The van der Waals surface area contributed by atoms with Crippen molar-refractivity contribution in [1.82, 2.24) is 0 Å². The molecule has 0 aromatic rings. The van der Waals surface area contributed by atoms with E-state index in [2.05, 4.69) is 0 Å². The van der Waals surface area contributed by atoms with E-state index >= 15 is 0 Å². The van der Waals surface area contributed by atoms with Crippen molar-refractivity contribution in [3.05, 3.63) is 12.2 Å². The Morgan fingerprint density at radius 2 is 1.36 bits per heavy atom. The summed E-state index contributed by atoms with van der Waals surface area (Å²) in [5.41, 5.74) is 0. The average molecular weight is 378 g/mol. The van der Waals surface area contributed by atoms with E-state index in [1.54, 1.807) is 13.0 Å². The van der Waals surface area contributed by atoms with Crippen LogP contribution in [0.4, 0.5) is 0 Å². The third-order valence-electron chi connectivity index (χ3n) is 3.46. The van der Waals surface area contributed by atoms with Crippen LogP contribution < -0.4 is 0 Å². The highest BCUT2D eigenvalue weighted by Gasteiger charge is 2.15. The number of hydrogen-bond donors (Lipinski definition) is 2. The summed E-state index contributed by atoms with van der Waals surface area (Å²) in [6.45, 7) is 2.55. The smallest absolute Gasteiger partial charge is 0.330 e. The highest BCUT2D eigenvalue weighted by atomic mass is 31.2. The van der Waals surface area contributed by atoms with Crippen LogP contribution in [0.2, 0.25) is 0 Å². The highest BCUT2D eigenvalue weighted by Crippen LogP contribution is 2.34. The second-order valence-corrected chi connectivity index (χ2v) is 7.63. The largest absolute Gasteiger partial charge is 0.466 e. The van der Waals surface area contributed by atoms with Crippen molar-refractivity contribution in [1.29, 1.82) is 0 Å². The van der Waals surface area contributed by atoms with E-state index in [9.17, 15) is 14.2 Å². The number of unbranched alkanes of at least 4 members (excludes halogenated alkanes) is 7. The molecule has 25 heavy (non-hydrogen) atoms. The normalized spacial score (nSPS) is 11.6. The third-order valence-corrected chi connectivity index (χ3v) is 4.26. The van der Waals surface area contributed by atoms with Gasteiger partial charge >= 0.3 is 19.5 Å². The SMILES string of the molecule is CC=CC(=O)OCCCCCCCCCCOC(=O)CCP(=O)(O)O. The van der Waals surface area contributed by atoms with Gasteiger partial charge in [0, 0.05) is 6.08 Å². The number of rotatable bonds is 15. The van der Waals surface area contributed by atoms with Gasteiger partial charge < -0.3 is 19.3 Å². The lowest BCUT2D eigenvalue weighted by molar-refractivity contribution is -0.143. The van der Waals surface area contributed by atoms with Gasteiger partial charge in [-0.2, -0.15) is 0 Å². The number of carbonyl (C=O) groups is 2. The fourth-order valence-electron chi connectivity index (χ4n) is 2.12. The van der Waals surface area contributed by atoms with Crippen LogP contribution in [0.5, 0.6) is 0 Å². The predicted octanol–water partition coefficient (Wildman–Crippen LogP) is 3.34. The Morgan fingerprint density at radius 1 is 0.880 bits per heavy atom. The second-order valence-electron chi connectivity index (χ2n) is 5.85. The van der Waals surface area contributed by atoms with Crippen molar-refractivity contribution in [3.63, 3.8) is 0 Å². The van der Waals surface area contributed by atoms with Crippen molar-refractivity contribution in [2.24, 2.45) is 0 Å². The average Bonchev–Trinajstić information content (AvgIpc) is 2.53. The van der Waals surface area contributed by atoms with Gasteiger partial charge in [0.2, 0.25) is 0 Å². The molecule has 0 spiro atoms. The molecule has 0 fully saturated rings. The molecule has 0 saturated heterocycles. The first-order chi connectivity index (χ1) is 11.8. The molecule has 0 heterocycles. The molecule has 0 amide bonds. The summed E-state index contributed by atoms with van der Waals surface area (Å²) in [7, 11) is -4.12. The van der Waals surface area contributed by atoms with E-state index in [0.29, 0.717) is 13.2 Å². The van der Waals surface area contributed by atoms with Crippen LogP contribution in [-0.4, -0.2) is 41.1 Å². The first-order valence-electron chi connectivity index (χ1n) is 8.85. The van der Waals surface area contributed by atoms with Gasteiger partial charge in [-0.15, -0.1) is 0 Å². The van der Waals surface area contributed by atoms with E-state index in [-0.39, 0.29) is 12.4 Å². The van der Waals surface area contributed by atoms with E-state index in [1.165, 1.54) is 6.08 Å². The van der Waals surface area contributed by atoms with E-state index in [0.717, 1.165) is 51.4 Å². The molecule has 146 valence electrons. The van der Waals surface area contributed by atoms with Gasteiger partial charge in [0.15, 0.2) is 0 Å². The zero-order chi connectivity index (χ0) is 19.0. The summed E-state index contributed by atoms with van der Waals surface area (Å²) in [4.78, 5) is 39.6. The summed E-state index contributed by atoms with van der Waals surface area (Å²) in [6.07, 6.45) is 10.4. The van der Waals surface area contributed by atoms with Gasteiger partial charge in [0.05, 0.1) is 25.8 Å². The fourth-order valence-corrected chi connectivity index (χ4v) is 2.59. The van der Waals surface area contributed by atoms with Crippen molar-refractivity contribution < 1.29 is 33.4 Å². The minimum atomic E-state index is -4.12. The molecule has 0 rings (SSSR count). The maximum absolute atomic E-state index is 11.2. The number of allylic oxidation sites excluding steroid dienone is 1. The molecule has 0 unspecified atom stereocenters. The Balaban J connectivity index is 3.27. The Bertz CT molecular complexity index is 442. The van der Waals surface area contributed by atoms with Gasteiger partial charge in [-0.1, -0.05) is 44.6 Å². The molecule has 0 aliphatic rings. The number of ether oxygens (including phenoxy) is 2. The minimum Gasteiger partial charge on any atom is -0.466 e. The number of carbonyl (C=O) groups excluding carboxylic acids is 2. The molecule has 0 aromatic carbocycles. The fraction of sp³-hybridized carbons (Fsp3) is 0.765. The second kappa shape index (κ2) is 15.1. The molecule has 8 heteroatoms. The molecule has 2 N–H and O–H groups in total. The van der Waals surface area contributed by atoms with Crippen molar-refractivity contribution in [2.75, 3.05) is 19.4 Å². The molecule has 0 radical (unpaired) electrons. The van der Waals surface area contributed by atoms with Gasteiger partial charge in [0.25, 0.3) is 0 Å².